The Labute approximate surface area is 144 Å². The number of methoxy groups -OCH3 is 1. The molecule has 126 valence electrons. The van der Waals surface area contributed by atoms with Crippen LogP contribution in [0.5, 0.6) is 5.75 Å². The SMILES string of the molecule is CCOC(=O)Cc1csc(NC(=O)/C=C/c2cccc(OC)c2)n1. The zero-order valence-electron chi connectivity index (χ0n) is 13.4. The van der Waals surface area contributed by atoms with Gasteiger partial charge in [-0.25, -0.2) is 4.98 Å². The molecule has 1 aromatic carbocycles. The molecule has 0 saturated carbocycles. The van der Waals surface area contributed by atoms with Gasteiger partial charge in [-0.05, 0) is 30.7 Å². The van der Waals surface area contributed by atoms with Gasteiger partial charge in [-0.2, -0.15) is 0 Å². The van der Waals surface area contributed by atoms with Gasteiger partial charge in [0.15, 0.2) is 5.13 Å². The lowest BCUT2D eigenvalue weighted by atomic mass is 10.2. The van der Waals surface area contributed by atoms with Gasteiger partial charge in [-0.1, -0.05) is 12.1 Å². The van der Waals surface area contributed by atoms with Crippen LogP contribution in [0.4, 0.5) is 5.13 Å². The van der Waals surface area contributed by atoms with Gasteiger partial charge >= 0.3 is 5.97 Å². The van der Waals surface area contributed by atoms with Crippen LogP contribution in [0.2, 0.25) is 0 Å². The quantitative estimate of drug-likeness (QED) is 0.616. The van der Waals surface area contributed by atoms with E-state index in [0.717, 1.165) is 11.3 Å². The molecule has 1 aromatic heterocycles. The summed E-state index contributed by atoms with van der Waals surface area (Å²) in [5.74, 6) is 0.0922. The molecule has 0 aliphatic rings. The minimum absolute atomic E-state index is 0.0971. The molecule has 0 atom stereocenters. The molecule has 0 aliphatic carbocycles. The van der Waals surface area contributed by atoms with Crippen LogP contribution in [0.15, 0.2) is 35.7 Å². The minimum atomic E-state index is -0.335. The van der Waals surface area contributed by atoms with E-state index in [1.165, 1.54) is 17.4 Å². The lowest BCUT2D eigenvalue weighted by molar-refractivity contribution is -0.142. The van der Waals surface area contributed by atoms with Gasteiger partial charge < -0.3 is 9.47 Å². The molecule has 0 saturated heterocycles. The number of benzene rings is 1. The number of hydrogen-bond donors (Lipinski definition) is 1. The van der Waals surface area contributed by atoms with E-state index < -0.39 is 0 Å². The molecule has 1 heterocycles. The van der Waals surface area contributed by atoms with Crippen LogP contribution in [-0.2, 0) is 20.7 Å². The maximum atomic E-state index is 11.9. The summed E-state index contributed by atoms with van der Waals surface area (Å²) in [5.41, 5.74) is 1.43. The number of carbonyl (C=O) groups excluding carboxylic acids is 2. The third-order valence-corrected chi connectivity index (χ3v) is 3.74. The number of amides is 1. The summed E-state index contributed by atoms with van der Waals surface area (Å²) >= 11 is 1.26. The van der Waals surface area contributed by atoms with Gasteiger partial charge in [0.1, 0.15) is 5.75 Å². The van der Waals surface area contributed by atoms with Crippen molar-refractivity contribution in [1.29, 1.82) is 0 Å². The zero-order valence-corrected chi connectivity index (χ0v) is 14.3. The molecule has 0 unspecified atom stereocenters. The highest BCUT2D eigenvalue weighted by molar-refractivity contribution is 7.14. The second-order valence-corrected chi connectivity index (χ2v) is 5.58. The number of esters is 1. The summed E-state index contributed by atoms with van der Waals surface area (Å²) in [7, 11) is 1.59. The highest BCUT2D eigenvalue weighted by Crippen LogP contribution is 2.17. The molecule has 0 bridgehead atoms. The van der Waals surface area contributed by atoms with Crippen molar-refractivity contribution in [1.82, 2.24) is 4.98 Å². The Morgan fingerprint density at radius 2 is 2.21 bits per heavy atom. The normalized spacial score (nSPS) is 10.6. The Morgan fingerprint density at radius 1 is 1.38 bits per heavy atom. The van der Waals surface area contributed by atoms with Crippen LogP contribution in [-0.4, -0.2) is 30.6 Å². The Kier molecular flexibility index (Phi) is 6.51. The third-order valence-electron chi connectivity index (χ3n) is 2.93. The van der Waals surface area contributed by atoms with Crippen molar-refractivity contribution in [2.45, 2.75) is 13.3 Å². The van der Waals surface area contributed by atoms with Gasteiger partial charge in [0, 0.05) is 11.5 Å². The summed E-state index contributed by atoms with van der Waals surface area (Å²) < 4.78 is 9.99. The fraction of sp³-hybridized carbons (Fsp3) is 0.235. The van der Waals surface area contributed by atoms with Gasteiger partial charge in [-0.3, -0.25) is 14.9 Å². The minimum Gasteiger partial charge on any atom is -0.497 e. The number of nitrogens with one attached hydrogen (secondary N) is 1. The predicted octanol–water partition coefficient (Wildman–Crippen LogP) is 2.91. The summed E-state index contributed by atoms with van der Waals surface area (Å²) in [6, 6.07) is 7.37. The Morgan fingerprint density at radius 3 is 2.96 bits per heavy atom. The van der Waals surface area contributed by atoms with E-state index in [0.29, 0.717) is 17.4 Å². The first-order valence-corrected chi connectivity index (χ1v) is 8.22. The van der Waals surface area contributed by atoms with Crippen molar-refractivity contribution in [2.75, 3.05) is 19.0 Å². The molecule has 0 radical (unpaired) electrons. The smallest absolute Gasteiger partial charge is 0.311 e. The Hall–Kier alpha value is -2.67. The Bertz CT molecular complexity index is 740. The van der Waals surface area contributed by atoms with Crippen LogP contribution in [0.1, 0.15) is 18.2 Å². The van der Waals surface area contributed by atoms with E-state index in [1.54, 1.807) is 25.5 Å². The third kappa shape index (κ3) is 5.51. The van der Waals surface area contributed by atoms with Crippen LogP contribution in [0, 0.1) is 0 Å². The van der Waals surface area contributed by atoms with E-state index in [9.17, 15) is 9.59 Å². The molecule has 0 fully saturated rings. The van der Waals surface area contributed by atoms with Gasteiger partial charge in [0.05, 0.1) is 25.8 Å². The van der Waals surface area contributed by atoms with E-state index >= 15 is 0 Å². The molecule has 1 N–H and O–H groups in total. The maximum absolute atomic E-state index is 11.9. The molecule has 6 nitrogen and oxygen atoms in total. The number of hydrogen-bond acceptors (Lipinski definition) is 6. The van der Waals surface area contributed by atoms with Crippen LogP contribution >= 0.6 is 11.3 Å². The number of anilines is 1. The molecule has 2 aromatic rings. The number of rotatable bonds is 7. The monoisotopic (exact) mass is 346 g/mol. The van der Waals surface area contributed by atoms with Crippen LogP contribution in [0.3, 0.4) is 0 Å². The van der Waals surface area contributed by atoms with E-state index in [-0.39, 0.29) is 18.3 Å². The first-order chi connectivity index (χ1) is 11.6. The predicted molar refractivity (Wildman–Crippen MR) is 93.1 cm³/mol. The maximum Gasteiger partial charge on any atom is 0.311 e. The summed E-state index contributed by atoms with van der Waals surface area (Å²) in [5, 5.41) is 4.82. The first kappa shape index (κ1) is 17.7. The highest BCUT2D eigenvalue weighted by Gasteiger charge is 2.09. The molecular weight excluding hydrogens is 328 g/mol. The van der Waals surface area contributed by atoms with Crippen molar-refractivity contribution in [2.24, 2.45) is 0 Å². The highest BCUT2D eigenvalue weighted by atomic mass is 32.1. The Balaban J connectivity index is 1.91. The first-order valence-electron chi connectivity index (χ1n) is 7.34. The summed E-state index contributed by atoms with van der Waals surface area (Å²) in [4.78, 5) is 27.5. The fourth-order valence-electron chi connectivity index (χ4n) is 1.87. The fourth-order valence-corrected chi connectivity index (χ4v) is 2.58. The van der Waals surface area contributed by atoms with Crippen LogP contribution < -0.4 is 10.1 Å². The van der Waals surface area contributed by atoms with E-state index in [2.05, 4.69) is 10.3 Å². The summed E-state index contributed by atoms with van der Waals surface area (Å²) in [6.45, 7) is 2.08. The standard InChI is InChI=1S/C17H18N2O4S/c1-3-23-16(21)10-13-11-24-17(18-13)19-15(20)8-7-12-5-4-6-14(9-12)22-2/h4-9,11H,3,10H2,1-2H3,(H,18,19,20)/b8-7+. The molecule has 0 aliphatic heterocycles. The molecule has 24 heavy (non-hydrogen) atoms. The lowest BCUT2D eigenvalue weighted by Gasteiger charge is -2.00. The molecule has 7 heteroatoms. The van der Waals surface area contributed by atoms with Crippen LogP contribution in [0.25, 0.3) is 6.08 Å². The number of ether oxygens (including phenoxy) is 2. The number of carbonyl (C=O) groups is 2. The molecular formula is C17H18N2O4S. The van der Waals surface area contributed by atoms with Crippen molar-refractivity contribution in [3.63, 3.8) is 0 Å². The molecule has 2 rings (SSSR count). The molecule has 0 spiro atoms. The van der Waals surface area contributed by atoms with Crippen molar-refractivity contribution in [3.05, 3.63) is 47.0 Å². The second-order valence-electron chi connectivity index (χ2n) is 4.72. The van der Waals surface area contributed by atoms with Crippen molar-refractivity contribution >= 4 is 34.4 Å². The van der Waals surface area contributed by atoms with Gasteiger partial charge in [0.2, 0.25) is 5.91 Å². The summed E-state index contributed by atoms with van der Waals surface area (Å²) in [6.07, 6.45) is 3.20. The average molecular weight is 346 g/mol. The molecule has 1 amide bonds. The number of aromatic nitrogens is 1. The largest absolute Gasteiger partial charge is 0.497 e. The van der Waals surface area contributed by atoms with Gasteiger partial charge in [-0.15, -0.1) is 11.3 Å². The van der Waals surface area contributed by atoms with E-state index in [4.69, 9.17) is 9.47 Å². The van der Waals surface area contributed by atoms with E-state index in [1.807, 2.05) is 24.3 Å². The second kappa shape index (κ2) is 8.83. The zero-order chi connectivity index (χ0) is 17.4. The topological polar surface area (TPSA) is 77.5 Å². The number of thiazole rings is 1. The lowest BCUT2D eigenvalue weighted by Crippen LogP contribution is -2.09. The average Bonchev–Trinajstić information content (AvgIpc) is 3.00. The number of nitrogens with zero attached hydrogens (tertiary/aromatic N) is 1. The van der Waals surface area contributed by atoms with Crippen molar-refractivity contribution < 1.29 is 19.1 Å². The van der Waals surface area contributed by atoms with Gasteiger partial charge in [0.25, 0.3) is 0 Å². The van der Waals surface area contributed by atoms with Crippen molar-refractivity contribution in [3.8, 4) is 5.75 Å².